The second-order valence-corrected chi connectivity index (χ2v) is 3.29. The molecule has 0 aromatic rings. The molecule has 5 atom stereocenters. The van der Waals surface area contributed by atoms with Crippen molar-refractivity contribution in [3.63, 3.8) is 0 Å². The maximum absolute atomic E-state index is 9.42. The predicted molar refractivity (Wildman–Crippen MR) is 46.8 cm³/mol. The highest BCUT2D eigenvalue weighted by Crippen LogP contribution is 2.21. The van der Waals surface area contributed by atoms with E-state index in [1.807, 2.05) is 0 Å². The Morgan fingerprint density at radius 1 is 1.00 bits per heavy atom. The van der Waals surface area contributed by atoms with E-state index in [9.17, 15) is 15.3 Å². The van der Waals surface area contributed by atoms with Crippen LogP contribution in [0, 0.1) is 0 Å². The molecule has 1 fully saturated rings. The summed E-state index contributed by atoms with van der Waals surface area (Å²) in [4.78, 5) is 0. The van der Waals surface area contributed by atoms with E-state index in [0.717, 1.165) is 0 Å². The maximum atomic E-state index is 9.42. The molecule has 90 valence electrons. The fourth-order valence-electron chi connectivity index (χ4n) is 1.37. The lowest BCUT2D eigenvalue weighted by Crippen LogP contribution is -2.59. The van der Waals surface area contributed by atoms with Crippen molar-refractivity contribution in [2.75, 3.05) is 19.8 Å². The summed E-state index contributed by atoms with van der Waals surface area (Å²) in [7, 11) is 0. The molecule has 0 aromatic heterocycles. The van der Waals surface area contributed by atoms with Crippen LogP contribution in [-0.4, -0.2) is 76.1 Å². The molecule has 7 nitrogen and oxygen atoms in total. The Hall–Kier alpha value is -0.280. The van der Waals surface area contributed by atoms with Crippen LogP contribution in [0.15, 0.2) is 0 Å². The van der Waals surface area contributed by atoms with Crippen LogP contribution in [0.5, 0.6) is 0 Å². The van der Waals surface area contributed by atoms with Gasteiger partial charge in [-0.2, -0.15) is 0 Å². The molecule has 0 bridgehead atoms. The van der Waals surface area contributed by atoms with Crippen LogP contribution in [0.4, 0.5) is 0 Å². The summed E-state index contributed by atoms with van der Waals surface area (Å²) in [6.07, 6.45) is -6.38. The van der Waals surface area contributed by atoms with Gasteiger partial charge in [-0.15, -0.1) is 0 Å². The van der Waals surface area contributed by atoms with Gasteiger partial charge >= 0.3 is 0 Å². The van der Waals surface area contributed by atoms with Gasteiger partial charge in [-0.3, -0.25) is 0 Å². The van der Waals surface area contributed by atoms with Gasteiger partial charge in [-0.1, -0.05) is 0 Å². The topological polar surface area (TPSA) is 120 Å². The van der Waals surface area contributed by atoms with Crippen molar-refractivity contribution in [2.24, 2.45) is 0 Å². The third-order valence-corrected chi connectivity index (χ3v) is 2.22. The van der Waals surface area contributed by atoms with Crippen molar-refractivity contribution >= 4 is 0 Å². The Bertz CT molecular complexity index is 186. The van der Waals surface area contributed by atoms with Crippen molar-refractivity contribution in [3.05, 3.63) is 0 Å². The van der Waals surface area contributed by atoms with Crippen LogP contribution >= 0.6 is 0 Å². The van der Waals surface area contributed by atoms with E-state index in [4.69, 9.17) is 19.7 Å². The molecule has 0 saturated carbocycles. The van der Waals surface area contributed by atoms with Crippen LogP contribution in [0.25, 0.3) is 0 Å². The normalized spacial score (nSPS) is 41.8. The van der Waals surface area contributed by atoms with Gasteiger partial charge in [0.2, 0.25) is 0 Å². The Labute approximate surface area is 86.5 Å². The average Bonchev–Trinajstić information content (AvgIpc) is 2.25. The minimum Gasteiger partial charge on any atom is -0.394 e. The van der Waals surface area contributed by atoms with Crippen molar-refractivity contribution in [1.29, 1.82) is 0 Å². The lowest BCUT2D eigenvalue weighted by Gasteiger charge is -2.39. The average molecular weight is 224 g/mol. The van der Waals surface area contributed by atoms with Gasteiger partial charge < -0.3 is 35.0 Å². The van der Waals surface area contributed by atoms with E-state index in [0.29, 0.717) is 0 Å². The van der Waals surface area contributed by atoms with Crippen LogP contribution in [0.1, 0.15) is 0 Å². The Balaban J connectivity index is 2.57. The first-order chi connectivity index (χ1) is 7.11. The summed E-state index contributed by atoms with van der Waals surface area (Å²) in [5, 5.41) is 45.5. The first kappa shape index (κ1) is 12.8. The van der Waals surface area contributed by atoms with E-state index in [2.05, 4.69) is 0 Å². The van der Waals surface area contributed by atoms with Gasteiger partial charge in [0.25, 0.3) is 0 Å². The molecule has 7 heteroatoms. The zero-order valence-electron chi connectivity index (χ0n) is 8.06. The molecule has 0 spiro atoms. The third kappa shape index (κ3) is 2.85. The van der Waals surface area contributed by atoms with Gasteiger partial charge in [0, 0.05) is 0 Å². The largest absolute Gasteiger partial charge is 0.394 e. The molecular formula is C8H16O7. The lowest BCUT2D eigenvalue weighted by molar-refractivity contribution is -0.302. The standard InChI is InChI=1S/C8H16O7/c9-1-2-14-8-7(13)6(12)5(11)4(3-10)15-8/h4-13H,1-3H2/t4-,5+,6+,7-,8-/m1/s1. The minimum absolute atomic E-state index is 0.0668. The molecule has 1 aliphatic heterocycles. The highest BCUT2D eigenvalue weighted by atomic mass is 16.7. The first-order valence-electron chi connectivity index (χ1n) is 4.64. The zero-order valence-corrected chi connectivity index (χ0v) is 8.06. The van der Waals surface area contributed by atoms with E-state index in [1.54, 1.807) is 0 Å². The Kier molecular flexibility index (Phi) is 4.87. The second-order valence-electron chi connectivity index (χ2n) is 3.29. The fraction of sp³-hybridized carbons (Fsp3) is 1.00. The fourth-order valence-corrected chi connectivity index (χ4v) is 1.37. The number of aliphatic hydroxyl groups is 5. The molecule has 15 heavy (non-hydrogen) atoms. The molecule has 0 unspecified atom stereocenters. The maximum Gasteiger partial charge on any atom is 0.186 e. The molecule has 0 aliphatic carbocycles. The number of ether oxygens (including phenoxy) is 2. The third-order valence-electron chi connectivity index (χ3n) is 2.22. The van der Waals surface area contributed by atoms with Gasteiger partial charge in [0.1, 0.15) is 24.4 Å². The molecule has 1 aliphatic rings. The quantitative estimate of drug-likeness (QED) is 0.341. The van der Waals surface area contributed by atoms with Gasteiger partial charge in [-0.25, -0.2) is 0 Å². The summed E-state index contributed by atoms with van der Waals surface area (Å²) in [5.41, 5.74) is 0. The predicted octanol–water partition coefficient (Wildman–Crippen LogP) is -3.20. The smallest absolute Gasteiger partial charge is 0.186 e. The molecule has 0 aromatic carbocycles. The number of hydrogen-bond donors (Lipinski definition) is 5. The minimum atomic E-state index is -1.44. The van der Waals surface area contributed by atoms with Crippen LogP contribution in [-0.2, 0) is 9.47 Å². The Morgan fingerprint density at radius 3 is 2.20 bits per heavy atom. The summed E-state index contributed by atoms with van der Waals surface area (Å²) in [6, 6.07) is 0. The molecule has 5 N–H and O–H groups in total. The molecule has 0 amide bonds. The summed E-state index contributed by atoms with van der Waals surface area (Å²) >= 11 is 0. The summed E-state index contributed by atoms with van der Waals surface area (Å²) in [5.74, 6) is 0. The summed E-state index contributed by atoms with van der Waals surface area (Å²) < 4.78 is 9.88. The van der Waals surface area contributed by atoms with Crippen molar-refractivity contribution < 1.29 is 35.0 Å². The lowest BCUT2D eigenvalue weighted by atomic mass is 9.99. The van der Waals surface area contributed by atoms with E-state index in [1.165, 1.54) is 0 Å². The summed E-state index contributed by atoms with van der Waals surface area (Å²) in [6.45, 7) is -0.818. The van der Waals surface area contributed by atoms with Crippen molar-refractivity contribution in [1.82, 2.24) is 0 Å². The highest BCUT2D eigenvalue weighted by Gasteiger charge is 2.43. The van der Waals surface area contributed by atoms with Crippen LogP contribution in [0.3, 0.4) is 0 Å². The van der Waals surface area contributed by atoms with E-state index in [-0.39, 0.29) is 13.2 Å². The van der Waals surface area contributed by atoms with E-state index < -0.39 is 37.3 Å². The zero-order chi connectivity index (χ0) is 11.4. The van der Waals surface area contributed by atoms with Gasteiger partial charge in [0.15, 0.2) is 6.29 Å². The van der Waals surface area contributed by atoms with Gasteiger partial charge in [-0.05, 0) is 0 Å². The SMILES string of the molecule is OCCO[C@@H]1O[C@H](CO)[C@H](O)[C@H](O)[C@H]1O. The van der Waals surface area contributed by atoms with Crippen molar-refractivity contribution in [2.45, 2.75) is 30.7 Å². The van der Waals surface area contributed by atoms with Gasteiger partial charge in [0.05, 0.1) is 19.8 Å². The molecule has 1 saturated heterocycles. The molecule has 0 radical (unpaired) electrons. The number of rotatable bonds is 4. The van der Waals surface area contributed by atoms with Crippen LogP contribution in [0.2, 0.25) is 0 Å². The second kappa shape index (κ2) is 5.71. The molecule has 1 heterocycles. The first-order valence-corrected chi connectivity index (χ1v) is 4.64. The number of aliphatic hydroxyl groups excluding tert-OH is 5. The van der Waals surface area contributed by atoms with Crippen LogP contribution < -0.4 is 0 Å². The van der Waals surface area contributed by atoms with E-state index >= 15 is 0 Å². The Morgan fingerprint density at radius 2 is 1.67 bits per heavy atom. The monoisotopic (exact) mass is 224 g/mol. The van der Waals surface area contributed by atoms with Crippen molar-refractivity contribution in [3.8, 4) is 0 Å². The number of hydrogen-bond acceptors (Lipinski definition) is 7. The highest BCUT2D eigenvalue weighted by molar-refractivity contribution is 4.88. The molecule has 1 rings (SSSR count). The molecular weight excluding hydrogens is 208 g/mol.